The quantitative estimate of drug-likeness (QED) is 0.797. The molecule has 1 aliphatic rings. The molecule has 0 bridgehead atoms. The standard InChI is InChI=1S/C17H16N6O/c24-17(12-3-4-13-14(9-12)19-6-5-18-13)22-15-10-16(21-11-20-15)23-7-1-2-8-23/h3-6,9-11H,1-2,7-8H2,(H,20,21,22,24). The number of hydrogen-bond acceptors (Lipinski definition) is 6. The number of nitrogens with zero attached hydrogens (tertiary/aromatic N) is 5. The predicted octanol–water partition coefficient (Wildman–Crippen LogP) is 2.27. The van der Waals surface area contributed by atoms with Crippen LogP contribution in [0.15, 0.2) is 43.0 Å². The average molecular weight is 320 g/mol. The number of carbonyl (C=O) groups excluding carboxylic acids is 1. The fourth-order valence-corrected chi connectivity index (χ4v) is 2.83. The van der Waals surface area contributed by atoms with Crippen molar-refractivity contribution in [2.45, 2.75) is 12.8 Å². The van der Waals surface area contributed by atoms with Crippen LogP contribution in [0.1, 0.15) is 23.2 Å². The van der Waals surface area contributed by atoms with Gasteiger partial charge in [-0.15, -0.1) is 0 Å². The van der Waals surface area contributed by atoms with Crippen molar-refractivity contribution in [2.24, 2.45) is 0 Å². The summed E-state index contributed by atoms with van der Waals surface area (Å²) in [6.07, 6.45) is 7.06. The van der Waals surface area contributed by atoms with Gasteiger partial charge in [-0.1, -0.05) is 0 Å². The van der Waals surface area contributed by atoms with Gasteiger partial charge >= 0.3 is 0 Å². The molecule has 0 unspecified atom stereocenters. The molecular weight excluding hydrogens is 304 g/mol. The smallest absolute Gasteiger partial charge is 0.256 e. The fraction of sp³-hybridized carbons (Fsp3) is 0.235. The normalized spacial score (nSPS) is 14.1. The molecule has 3 heterocycles. The summed E-state index contributed by atoms with van der Waals surface area (Å²) in [5.41, 5.74) is 1.96. The van der Waals surface area contributed by atoms with Gasteiger partial charge < -0.3 is 10.2 Å². The lowest BCUT2D eigenvalue weighted by molar-refractivity contribution is 0.102. The molecule has 0 radical (unpaired) electrons. The molecule has 0 spiro atoms. The van der Waals surface area contributed by atoms with Crippen molar-refractivity contribution in [1.29, 1.82) is 0 Å². The third kappa shape index (κ3) is 2.88. The molecule has 0 saturated carbocycles. The van der Waals surface area contributed by atoms with Crippen LogP contribution in [-0.4, -0.2) is 38.9 Å². The Kier molecular flexibility index (Phi) is 3.74. The highest BCUT2D eigenvalue weighted by molar-refractivity contribution is 6.05. The van der Waals surface area contributed by atoms with Crippen LogP contribution in [0.3, 0.4) is 0 Å². The second-order valence-corrected chi connectivity index (χ2v) is 5.67. The van der Waals surface area contributed by atoms with E-state index >= 15 is 0 Å². The van der Waals surface area contributed by atoms with Gasteiger partial charge in [-0.3, -0.25) is 14.8 Å². The number of amides is 1. The van der Waals surface area contributed by atoms with Crippen molar-refractivity contribution in [1.82, 2.24) is 19.9 Å². The van der Waals surface area contributed by atoms with Crippen LogP contribution in [0.25, 0.3) is 11.0 Å². The van der Waals surface area contributed by atoms with Gasteiger partial charge in [-0.05, 0) is 31.0 Å². The van der Waals surface area contributed by atoms with Gasteiger partial charge in [0.15, 0.2) is 0 Å². The molecule has 0 atom stereocenters. The summed E-state index contributed by atoms with van der Waals surface area (Å²) >= 11 is 0. The second-order valence-electron chi connectivity index (χ2n) is 5.67. The molecule has 1 N–H and O–H groups in total. The first-order valence-corrected chi connectivity index (χ1v) is 7.89. The lowest BCUT2D eigenvalue weighted by Gasteiger charge is -2.16. The zero-order chi connectivity index (χ0) is 16.4. The minimum Gasteiger partial charge on any atom is -0.356 e. The first-order valence-electron chi connectivity index (χ1n) is 7.89. The Bertz CT molecular complexity index is 891. The Balaban J connectivity index is 1.55. The van der Waals surface area contributed by atoms with Gasteiger partial charge in [0.1, 0.15) is 18.0 Å². The number of nitrogens with one attached hydrogen (secondary N) is 1. The van der Waals surface area contributed by atoms with Crippen LogP contribution in [0, 0.1) is 0 Å². The van der Waals surface area contributed by atoms with Crippen molar-refractivity contribution < 1.29 is 4.79 Å². The van der Waals surface area contributed by atoms with Gasteiger partial charge in [0, 0.05) is 37.1 Å². The molecule has 1 amide bonds. The summed E-state index contributed by atoms with van der Waals surface area (Å²) in [7, 11) is 0. The topological polar surface area (TPSA) is 83.9 Å². The molecule has 7 heteroatoms. The van der Waals surface area contributed by atoms with E-state index in [0.717, 1.165) is 24.4 Å². The molecule has 1 saturated heterocycles. The highest BCUT2D eigenvalue weighted by Gasteiger charge is 2.15. The van der Waals surface area contributed by atoms with Gasteiger partial charge in [-0.25, -0.2) is 9.97 Å². The van der Waals surface area contributed by atoms with Crippen LogP contribution in [0.4, 0.5) is 11.6 Å². The number of carbonyl (C=O) groups is 1. The van der Waals surface area contributed by atoms with Crippen molar-refractivity contribution in [2.75, 3.05) is 23.3 Å². The molecular formula is C17H16N6O. The lowest BCUT2D eigenvalue weighted by atomic mass is 10.2. The molecule has 7 nitrogen and oxygen atoms in total. The molecule has 24 heavy (non-hydrogen) atoms. The van der Waals surface area contributed by atoms with E-state index in [1.807, 2.05) is 6.07 Å². The average Bonchev–Trinajstić information content (AvgIpc) is 3.16. The Labute approximate surface area is 138 Å². The minimum atomic E-state index is -0.228. The molecule has 1 aromatic carbocycles. The molecule has 0 aliphatic carbocycles. The Morgan fingerprint density at radius 1 is 0.958 bits per heavy atom. The van der Waals surface area contributed by atoms with E-state index in [0.29, 0.717) is 16.9 Å². The van der Waals surface area contributed by atoms with E-state index in [2.05, 4.69) is 30.2 Å². The maximum absolute atomic E-state index is 12.5. The summed E-state index contributed by atoms with van der Waals surface area (Å²) in [4.78, 5) is 31.5. The fourth-order valence-electron chi connectivity index (χ4n) is 2.83. The Morgan fingerprint density at radius 2 is 1.75 bits per heavy atom. The number of anilines is 2. The van der Waals surface area contributed by atoms with E-state index in [9.17, 15) is 4.79 Å². The van der Waals surface area contributed by atoms with E-state index in [1.54, 1.807) is 30.6 Å². The first-order chi connectivity index (χ1) is 11.8. The molecule has 4 rings (SSSR count). The second kappa shape index (κ2) is 6.19. The van der Waals surface area contributed by atoms with Crippen molar-refractivity contribution >= 4 is 28.6 Å². The third-order valence-electron chi connectivity index (χ3n) is 4.06. The summed E-state index contributed by atoms with van der Waals surface area (Å²) in [6, 6.07) is 7.05. The van der Waals surface area contributed by atoms with Gasteiger partial charge in [0.2, 0.25) is 0 Å². The number of hydrogen-bond donors (Lipinski definition) is 1. The van der Waals surface area contributed by atoms with E-state index in [4.69, 9.17) is 0 Å². The van der Waals surface area contributed by atoms with Crippen LogP contribution >= 0.6 is 0 Å². The third-order valence-corrected chi connectivity index (χ3v) is 4.06. The monoisotopic (exact) mass is 320 g/mol. The maximum atomic E-state index is 12.5. The summed E-state index contributed by atoms with van der Waals surface area (Å²) in [6.45, 7) is 1.99. The lowest BCUT2D eigenvalue weighted by Crippen LogP contribution is -2.20. The summed E-state index contributed by atoms with van der Waals surface area (Å²) < 4.78 is 0. The van der Waals surface area contributed by atoms with Crippen molar-refractivity contribution in [3.63, 3.8) is 0 Å². The van der Waals surface area contributed by atoms with Crippen molar-refractivity contribution in [3.8, 4) is 0 Å². The highest BCUT2D eigenvalue weighted by atomic mass is 16.1. The molecule has 1 aliphatic heterocycles. The highest BCUT2D eigenvalue weighted by Crippen LogP contribution is 2.20. The van der Waals surface area contributed by atoms with Crippen LogP contribution in [0.2, 0.25) is 0 Å². The number of rotatable bonds is 3. The SMILES string of the molecule is O=C(Nc1cc(N2CCCC2)ncn1)c1ccc2nccnc2c1. The Hall–Kier alpha value is -3.09. The number of benzene rings is 1. The zero-order valence-electron chi connectivity index (χ0n) is 13.0. The van der Waals surface area contributed by atoms with Crippen LogP contribution < -0.4 is 10.2 Å². The van der Waals surface area contributed by atoms with E-state index in [-0.39, 0.29) is 5.91 Å². The number of fused-ring (bicyclic) bond motifs is 1. The largest absolute Gasteiger partial charge is 0.356 e. The van der Waals surface area contributed by atoms with Gasteiger partial charge in [0.05, 0.1) is 11.0 Å². The summed E-state index contributed by atoms with van der Waals surface area (Å²) in [5, 5.41) is 2.82. The Morgan fingerprint density at radius 3 is 2.58 bits per heavy atom. The minimum absolute atomic E-state index is 0.228. The summed E-state index contributed by atoms with van der Waals surface area (Å²) in [5.74, 6) is 1.12. The predicted molar refractivity (Wildman–Crippen MR) is 91.0 cm³/mol. The molecule has 120 valence electrons. The zero-order valence-corrected chi connectivity index (χ0v) is 13.0. The maximum Gasteiger partial charge on any atom is 0.256 e. The number of aromatic nitrogens is 4. The molecule has 1 fully saturated rings. The molecule has 2 aromatic heterocycles. The van der Waals surface area contributed by atoms with Crippen LogP contribution in [-0.2, 0) is 0 Å². The molecule has 3 aromatic rings. The first kappa shape index (κ1) is 14.5. The van der Waals surface area contributed by atoms with Crippen LogP contribution in [0.5, 0.6) is 0 Å². The van der Waals surface area contributed by atoms with Gasteiger partial charge in [-0.2, -0.15) is 0 Å². The van der Waals surface area contributed by atoms with Crippen molar-refractivity contribution in [3.05, 3.63) is 48.5 Å². The van der Waals surface area contributed by atoms with E-state index < -0.39 is 0 Å². The van der Waals surface area contributed by atoms with Gasteiger partial charge in [0.25, 0.3) is 5.91 Å². The van der Waals surface area contributed by atoms with E-state index in [1.165, 1.54) is 19.2 Å².